The molecule has 9 nitrogen and oxygen atoms in total. The average Bonchev–Trinajstić information content (AvgIpc) is 3.60. The fourth-order valence-corrected chi connectivity index (χ4v) is 5.13. The quantitative estimate of drug-likeness (QED) is 0.490. The summed E-state index contributed by atoms with van der Waals surface area (Å²) in [5.74, 6) is 0.414. The third-order valence-corrected chi connectivity index (χ3v) is 7.16. The van der Waals surface area contributed by atoms with Crippen LogP contribution < -0.4 is 9.64 Å². The van der Waals surface area contributed by atoms with E-state index in [0.717, 1.165) is 29.5 Å². The number of hydrogen-bond acceptors (Lipinski definition) is 6. The molecule has 9 heteroatoms. The third-order valence-electron chi connectivity index (χ3n) is 7.16. The SMILES string of the molecule is CCC(CCC1C(=O)N(CC(=O)N2CCC(CO)C2)c2ccccc21)Oc1cnc2[nH]ncc2c1. The fourth-order valence-electron chi connectivity index (χ4n) is 5.13. The van der Waals surface area contributed by atoms with Gasteiger partial charge in [-0.25, -0.2) is 4.98 Å². The number of para-hydroxylation sites is 1. The third kappa shape index (κ3) is 4.73. The number of benzene rings is 1. The second-order valence-electron chi connectivity index (χ2n) is 9.42. The molecule has 3 aromatic rings. The van der Waals surface area contributed by atoms with Crippen molar-refractivity contribution in [3.63, 3.8) is 0 Å². The summed E-state index contributed by atoms with van der Waals surface area (Å²) in [6.07, 6.45) is 6.29. The number of carbonyl (C=O) groups is 2. The van der Waals surface area contributed by atoms with Crippen molar-refractivity contribution in [1.29, 1.82) is 0 Å². The number of aliphatic hydroxyl groups excluding tert-OH is 1. The lowest BCUT2D eigenvalue weighted by molar-refractivity contribution is -0.130. The first-order valence-corrected chi connectivity index (χ1v) is 12.3. The highest BCUT2D eigenvalue weighted by Crippen LogP contribution is 2.40. The van der Waals surface area contributed by atoms with Crippen molar-refractivity contribution in [2.24, 2.45) is 5.92 Å². The second kappa shape index (κ2) is 10.0. The van der Waals surface area contributed by atoms with Gasteiger partial charge in [-0.3, -0.25) is 14.7 Å². The van der Waals surface area contributed by atoms with Crippen molar-refractivity contribution in [1.82, 2.24) is 20.1 Å². The Bertz CT molecular complexity index is 1210. The highest BCUT2D eigenvalue weighted by atomic mass is 16.5. The number of aliphatic hydroxyl groups is 1. The summed E-state index contributed by atoms with van der Waals surface area (Å²) in [6, 6.07) is 9.66. The van der Waals surface area contributed by atoms with Crippen LogP contribution in [0.25, 0.3) is 11.0 Å². The Balaban J connectivity index is 1.25. The van der Waals surface area contributed by atoms with Crippen molar-refractivity contribution in [3.8, 4) is 5.75 Å². The molecule has 0 bridgehead atoms. The number of fused-ring (bicyclic) bond motifs is 2. The normalized spacial score (nSPS) is 20.5. The lowest BCUT2D eigenvalue weighted by Crippen LogP contribution is -2.41. The number of likely N-dealkylation sites (tertiary alicyclic amines) is 1. The molecular weight excluding hydrogens is 446 g/mol. The second-order valence-corrected chi connectivity index (χ2v) is 9.42. The van der Waals surface area contributed by atoms with Crippen molar-refractivity contribution >= 4 is 28.5 Å². The molecule has 2 amide bonds. The highest BCUT2D eigenvalue weighted by Gasteiger charge is 2.39. The van der Waals surface area contributed by atoms with Crippen LogP contribution in [0.4, 0.5) is 5.69 Å². The van der Waals surface area contributed by atoms with Crippen LogP contribution in [0.15, 0.2) is 42.7 Å². The number of aromatic amines is 1. The van der Waals surface area contributed by atoms with Crippen molar-refractivity contribution in [2.75, 3.05) is 31.1 Å². The summed E-state index contributed by atoms with van der Waals surface area (Å²) < 4.78 is 6.19. The topological polar surface area (TPSA) is 112 Å². The van der Waals surface area contributed by atoms with E-state index in [1.54, 1.807) is 22.2 Å². The van der Waals surface area contributed by atoms with Crippen LogP contribution in [0, 0.1) is 5.92 Å². The van der Waals surface area contributed by atoms with Crippen LogP contribution in [0.1, 0.15) is 44.1 Å². The van der Waals surface area contributed by atoms with Crippen molar-refractivity contribution in [2.45, 2.75) is 44.6 Å². The van der Waals surface area contributed by atoms with E-state index < -0.39 is 0 Å². The molecule has 0 spiro atoms. The molecule has 35 heavy (non-hydrogen) atoms. The molecule has 3 atom stereocenters. The monoisotopic (exact) mass is 477 g/mol. The molecule has 0 aliphatic carbocycles. The number of carbonyl (C=O) groups excluding carboxylic acids is 2. The minimum Gasteiger partial charge on any atom is -0.489 e. The molecule has 3 unspecified atom stereocenters. The molecule has 4 heterocycles. The summed E-state index contributed by atoms with van der Waals surface area (Å²) >= 11 is 0. The van der Waals surface area contributed by atoms with Gasteiger partial charge in [0.1, 0.15) is 12.3 Å². The Morgan fingerprint density at radius 1 is 1.31 bits per heavy atom. The number of pyridine rings is 1. The Labute approximate surface area is 204 Å². The summed E-state index contributed by atoms with van der Waals surface area (Å²) in [5.41, 5.74) is 2.50. The van der Waals surface area contributed by atoms with Gasteiger partial charge in [-0.15, -0.1) is 0 Å². The number of H-pyrrole nitrogens is 1. The summed E-state index contributed by atoms with van der Waals surface area (Å²) in [5, 5.41) is 17.1. The van der Waals surface area contributed by atoms with Crippen molar-refractivity contribution < 1.29 is 19.4 Å². The van der Waals surface area contributed by atoms with Gasteiger partial charge >= 0.3 is 0 Å². The Morgan fingerprint density at radius 2 is 2.17 bits per heavy atom. The predicted molar refractivity (Wildman–Crippen MR) is 131 cm³/mol. The van der Waals surface area contributed by atoms with Crippen LogP contribution in [0.5, 0.6) is 5.75 Å². The van der Waals surface area contributed by atoms with E-state index in [0.29, 0.717) is 37.3 Å². The van der Waals surface area contributed by atoms with Gasteiger partial charge in [0.2, 0.25) is 11.8 Å². The van der Waals surface area contributed by atoms with E-state index in [2.05, 4.69) is 22.1 Å². The molecule has 184 valence electrons. The number of nitrogens with zero attached hydrogens (tertiary/aromatic N) is 4. The number of anilines is 1. The smallest absolute Gasteiger partial charge is 0.242 e. The van der Waals surface area contributed by atoms with E-state index in [9.17, 15) is 14.7 Å². The summed E-state index contributed by atoms with van der Waals surface area (Å²) in [4.78, 5) is 34.1. The van der Waals surface area contributed by atoms with Crippen LogP contribution in [-0.4, -0.2) is 69.3 Å². The Morgan fingerprint density at radius 3 is 2.97 bits per heavy atom. The minimum absolute atomic E-state index is 0.0335. The molecule has 2 aliphatic heterocycles. The molecule has 2 aromatic heterocycles. The maximum Gasteiger partial charge on any atom is 0.242 e. The number of hydrogen-bond donors (Lipinski definition) is 2. The Hall–Kier alpha value is -3.46. The molecule has 1 fully saturated rings. The average molecular weight is 478 g/mol. The van der Waals surface area contributed by atoms with E-state index in [1.807, 2.05) is 30.3 Å². The molecular formula is C26H31N5O4. The van der Waals surface area contributed by atoms with Crippen LogP contribution in [0.2, 0.25) is 0 Å². The fraction of sp³-hybridized carbons (Fsp3) is 0.462. The van der Waals surface area contributed by atoms with Crippen LogP contribution in [-0.2, 0) is 9.59 Å². The van der Waals surface area contributed by atoms with Gasteiger partial charge in [0.15, 0.2) is 5.65 Å². The maximum absolute atomic E-state index is 13.5. The van der Waals surface area contributed by atoms with Gasteiger partial charge in [0.25, 0.3) is 0 Å². The first-order chi connectivity index (χ1) is 17.1. The molecule has 1 saturated heterocycles. The lowest BCUT2D eigenvalue weighted by atomic mass is 9.94. The highest BCUT2D eigenvalue weighted by molar-refractivity contribution is 6.07. The summed E-state index contributed by atoms with van der Waals surface area (Å²) in [6.45, 7) is 3.38. The van der Waals surface area contributed by atoms with E-state index in [4.69, 9.17) is 4.74 Å². The zero-order chi connectivity index (χ0) is 24.4. The van der Waals surface area contributed by atoms with E-state index in [1.165, 1.54) is 0 Å². The lowest BCUT2D eigenvalue weighted by Gasteiger charge is -2.23. The van der Waals surface area contributed by atoms with Gasteiger partial charge in [0, 0.05) is 36.7 Å². The number of rotatable bonds is 9. The summed E-state index contributed by atoms with van der Waals surface area (Å²) in [7, 11) is 0. The van der Waals surface area contributed by atoms with Gasteiger partial charge in [-0.1, -0.05) is 25.1 Å². The first kappa shape index (κ1) is 23.3. The number of aromatic nitrogens is 3. The zero-order valence-electron chi connectivity index (χ0n) is 19.9. The number of nitrogens with one attached hydrogen (secondary N) is 1. The molecule has 5 rings (SSSR count). The molecule has 0 radical (unpaired) electrons. The number of ether oxygens (including phenoxy) is 1. The predicted octanol–water partition coefficient (Wildman–Crippen LogP) is 2.87. The maximum atomic E-state index is 13.5. The van der Waals surface area contributed by atoms with Gasteiger partial charge in [-0.2, -0.15) is 5.10 Å². The van der Waals surface area contributed by atoms with Gasteiger partial charge in [0.05, 0.1) is 24.4 Å². The number of amides is 2. The van der Waals surface area contributed by atoms with Crippen LogP contribution in [0.3, 0.4) is 0 Å². The minimum atomic E-state index is -0.296. The molecule has 1 aromatic carbocycles. The van der Waals surface area contributed by atoms with Gasteiger partial charge in [-0.05, 0) is 43.4 Å². The van der Waals surface area contributed by atoms with Crippen LogP contribution >= 0.6 is 0 Å². The first-order valence-electron chi connectivity index (χ1n) is 12.3. The van der Waals surface area contributed by atoms with E-state index >= 15 is 0 Å². The molecule has 0 saturated carbocycles. The standard InChI is InChI=1S/C26H31N5O4/c1-2-19(35-20-11-18-12-28-29-25(18)27-13-20)7-8-22-21-5-3-4-6-23(21)31(26(22)34)15-24(33)30-10-9-17(14-30)16-32/h3-6,11-13,17,19,22,32H,2,7-10,14-16H2,1H3,(H,27,28,29). The van der Waals surface area contributed by atoms with E-state index in [-0.39, 0.29) is 42.9 Å². The molecule has 2 N–H and O–H groups in total. The zero-order valence-corrected chi connectivity index (χ0v) is 19.9. The van der Waals surface area contributed by atoms with Gasteiger partial charge < -0.3 is 19.6 Å². The van der Waals surface area contributed by atoms with Crippen molar-refractivity contribution in [3.05, 3.63) is 48.3 Å². The Kier molecular flexibility index (Phi) is 6.68. The largest absolute Gasteiger partial charge is 0.489 e. The molecule has 2 aliphatic rings.